The largest absolute Gasteiger partial charge is 0.310 e. The van der Waals surface area contributed by atoms with Crippen LogP contribution in [-0.4, -0.2) is 0 Å². The molecule has 0 aromatic heterocycles. The van der Waals surface area contributed by atoms with Gasteiger partial charge in [0.25, 0.3) is 0 Å². The minimum Gasteiger partial charge on any atom is -0.310 e. The number of hydrogen-bond acceptors (Lipinski definition) is 1. The van der Waals surface area contributed by atoms with Gasteiger partial charge < -0.3 is 4.90 Å². The molecule has 0 N–H and O–H groups in total. The Labute approximate surface area is 279 Å². The predicted octanol–water partition coefficient (Wildman–Crippen LogP) is 12.9. The second-order valence-corrected chi connectivity index (χ2v) is 12.6. The highest BCUT2D eigenvalue weighted by Gasteiger charge is 2.35. The van der Waals surface area contributed by atoms with E-state index in [0.717, 1.165) is 28.2 Å². The summed E-state index contributed by atoms with van der Waals surface area (Å²) in [5.41, 5.74) is 15.8. The first-order valence-corrected chi connectivity index (χ1v) is 16.3. The van der Waals surface area contributed by atoms with E-state index in [-0.39, 0.29) is 5.41 Å². The Balaban J connectivity index is 1.39. The molecule has 0 amide bonds. The summed E-state index contributed by atoms with van der Waals surface area (Å²) in [7, 11) is 0. The Hall–Kier alpha value is -5.66. The van der Waals surface area contributed by atoms with Crippen LogP contribution >= 0.6 is 0 Å². The Bertz CT molecular complexity index is 2140. The van der Waals surface area contributed by atoms with Crippen molar-refractivity contribution in [2.24, 2.45) is 0 Å². The lowest BCUT2D eigenvalue weighted by Gasteiger charge is -2.29. The van der Waals surface area contributed by atoms with E-state index in [1.165, 1.54) is 44.5 Å². The number of rotatable bonds is 8. The standard InChI is InChI=1S/C46H39N/c1-5-7-17-33(6-2)40-24-12-14-27-45(40)47(38-22-15-20-35(30-38)34-18-9-8-10-19-34)39-23-16-21-36(31-39)37-28-29-42-41-25-11-13-26-43(41)46(3,4)44(42)32-37/h5-32H,1H2,2-4H3/b17-7-,33-6+. The maximum atomic E-state index is 3.91. The average Bonchev–Trinajstić information content (AvgIpc) is 3.35. The molecule has 0 unspecified atom stereocenters. The first-order valence-electron chi connectivity index (χ1n) is 16.3. The Morgan fingerprint density at radius 1 is 0.574 bits per heavy atom. The predicted molar refractivity (Wildman–Crippen MR) is 203 cm³/mol. The monoisotopic (exact) mass is 605 g/mol. The van der Waals surface area contributed by atoms with Crippen molar-refractivity contribution in [1.29, 1.82) is 0 Å². The molecular formula is C46H39N. The summed E-state index contributed by atoms with van der Waals surface area (Å²) in [5, 5.41) is 0. The van der Waals surface area contributed by atoms with Crippen LogP contribution in [0.2, 0.25) is 0 Å². The molecule has 1 aliphatic carbocycles. The van der Waals surface area contributed by atoms with Crippen LogP contribution in [0.25, 0.3) is 39.0 Å². The van der Waals surface area contributed by atoms with E-state index in [4.69, 9.17) is 0 Å². The van der Waals surface area contributed by atoms with Gasteiger partial charge in [0.2, 0.25) is 0 Å². The second-order valence-electron chi connectivity index (χ2n) is 12.6. The van der Waals surface area contributed by atoms with Crippen LogP contribution in [0.15, 0.2) is 176 Å². The van der Waals surface area contributed by atoms with E-state index < -0.39 is 0 Å². The van der Waals surface area contributed by atoms with E-state index in [2.05, 4.69) is 190 Å². The quantitative estimate of drug-likeness (QED) is 0.156. The number of anilines is 3. The molecule has 1 nitrogen and oxygen atoms in total. The van der Waals surface area contributed by atoms with E-state index in [9.17, 15) is 0 Å². The summed E-state index contributed by atoms with van der Waals surface area (Å²) in [4.78, 5) is 2.39. The lowest BCUT2D eigenvalue weighted by atomic mass is 9.81. The molecule has 0 aliphatic heterocycles. The van der Waals surface area contributed by atoms with E-state index in [1.54, 1.807) is 0 Å². The highest BCUT2D eigenvalue weighted by molar-refractivity contribution is 5.91. The molecule has 0 spiro atoms. The molecular weight excluding hydrogens is 567 g/mol. The molecule has 1 aliphatic rings. The van der Waals surface area contributed by atoms with E-state index >= 15 is 0 Å². The number of fused-ring (bicyclic) bond motifs is 3. The number of nitrogens with zero attached hydrogens (tertiary/aromatic N) is 1. The highest BCUT2D eigenvalue weighted by atomic mass is 15.1. The minimum atomic E-state index is -0.0513. The van der Waals surface area contributed by atoms with Crippen molar-refractivity contribution in [3.63, 3.8) is 0 Å². The molecule has 6 aromatic carbocycles. The van der Waals surface area contributed by atoms with Gasteiger partial charge >= 0.3 is 0 Å². The summed E-state index contributed by atoms with van der Waals surface area (Å²) in [6.45, 7) is 10.7. The van der Waals surface area contributed by atoms with Gasteiger partial charge in [0.15, 0.2) is 0 Å². The first kappa shape index (κ1) is 30.0. The van der Waals surface area contributed by atoms with E-state index in [1.807, 2.05) is 12.2 Å². The van der Waals surface area contributed by atoms with Gasteiger partial charge in [0.1, 0.15) is 0 Å². The molecule has 0 saturated carbocycles. The highest BCUT2D eigenvalue weighted by Crippen LogP contribution is 2.50. The molecule has 0 saturated heterocycles. The molecule has 7 rings (SSSR count). The Kier molecular flexibility index (Phi) is 8.06. The maximum Gasteiger partial charge on any atom is 0.0539 e. The van der Waals surface area contributed by atoms with E-state index in [0.29, 0.717) is 0 Å². The molecule has 1 heteroatoms. The van der Waals surface area contributed by atoms with Crippen molar-refractivity contribution in [1.82, 2.24) is 0 Å². The molecule has 0 radical (unpaired) electrons. The number of hydrogen-bond donors (Lipinski definition) is 0. The van der Waals surface area contributed by atoms with Crippen LogP contribution in [0.3, 0.4) is 0 Å². The van der Waals surface area contributed by atoms with Crippen LogP contribution in [0.1, 0.15) is 37.5 Å². The topological polar surface area (TPSA) is 3.24 Å². The fourth-order valence-corrected chi connectivity index (χ4v) is 7.02. The van der Waals surface area contributed by atoms with Crippen molar-refractivity contribution in [3.8, 4) is 33.4 Å². The molecule has 0 atom stereocenters. The van der Waals surface area contributed by atoms with Crippen LogP contribution in [0.4, 0.5) is 17.1 Å². The lowest BCUT2D eigenvalue weighted by Crippen LogP contribution is -2.15. The minimum absolute atomic E-state index is 0.0513. The molecule has 47 heavy (non-hydrogen) atoms. The molecule has 0 bridgehead atoms. The summed E-state index contributed by atoms with van der Waals surface area (Å²) in [6.07, 6.45) is 8.12. The maximum absolute atomic E-state index is 3.91. The number of benzene rings is 6. The number of allylic oxidation sites excluding steroid dienone is 5. The number of para-hydroxylation sites is 1. The van der Waals surface area contributed by atoms with Gasteiger partial charge in [0, 0.05) is 22.4 Å². The molecule has 0 fully saturated rings. The van der Waals surface area contributed by atoms with Crippen molar-refractivity contribution in [2.45, 2.75) is 26.2 Å². The normalized spacial score (nSPS) is 13.3. The zero-order valence-corrected chi connectivity index (χ0v) is 27.3. The van der Waals surface area contributed by atoms with Crippen molar-refractivity contribution < 1.29 is 0 Å². The smallest absolute Gasteiger partial charge is 0.0539 e. The summed E-state index contributed by atoms with van der Waals surface area (Å²) < 4.78 is 0. The van der Waals surface area contributed by atoms with Crippen molar-refractivity contribution in [3.05, 3.63) is 193 Å². The van der Waals surface area contributed by atoms with Crippen LogP contribution in [0, 0.1) is 0 Å². The van der Waals surface area contributed by atoms with Gasteiger partial charge in [-0.3, -0.25) is 0 Å². The zero-order valence-electron chi connectivity index (χ0n) is 27.3. The van der Waals surface area contributed by atoms with Crippen LogP contribution in [0.5, 0.6) is 0 Å². The summed E-state index contributed by atoms with van der Waals surface area (Å²) >= 11 is 0. The van der Waals surface area contributed by atoms with Gasteiger partial charge in [-0.1, -0.05) is 154 Å². The van der Waals surface area contributed by atoms with Crippen LogP contribution < -0.4 is 4.90 Å². The molecule has 0 heterocycles. The third-order valence-electron chi connectivity index (χ3n) is 9.41. The third-order valence-corrected chi connectivity index (χ3v) is 9.41. The first-order chi connectivity index (χ1) is 23.0. The third kappa shape index (κ3) is 5.55. The van der Waals surface area contributed by atoms with Gasteiger partial charge in [-0.25, -0.2) is 0 Å². The van der Waals surface area contributed by atoms with Crippen molar-refractivity contribution >= 4 is 22.6 Å². The van der Waals surface area contributed by atoms with Crippen LogP contribution in [-0.2, 0) is 5.41 Å². The van der Waals surface area contributed by atoms with Gasteiger partial charge in [-0.2, -0.15) is 0 Å². The van der Waals surface area contributed by atoms with Gasteiger partial charge in [0.05, 0.1) is 5.69 Å². The fraction of sp³-hybridized carbons (Fsp3) is 0.0870. The summed E-state index contributed by atoms with van der Waals surface area (Å²) in [6, 6.07) is 52.9. The Morgan fingerprint density at radius 2 is 1.17 bits per heavy atom. The molecule has 6 aromatic rings. The fourth-order valence-electron chi connectivity index (χ4n) is 7.02. The average molecular weight is 606 g/mol. The van der Waals surface area contributed by atoms with Gasteiger partial charge in [-0.15, -0.1) is 0 Å². The Morgan fingerprint density at radius 3 is 1.89 bits per heavy atom. The lowest BCUT2D eigenvalue weighted by molar-refractivity contribution is 0.660. The molecule has 228 valence electrons. The van der Waals surface area contributed by atoms with Gasteiger partial charge in [-0.05, 0) is 93.4 Å². The van der Waals surface area contributed by atoms with Crippen molar-refractivity contribution in [2.75, 3.05) is 4.90 Å². The SMILES string of the molecule is C=C/C=C\C(=C/C)c1ccccc1N(c1cccc(-c2ccccc2)c1)c1cccc(-c2ccc3c(c2)C(C)(C)c2ccccc2-3)c1. The zero-order chi connectivity index (χ0) is 32.4. The second kappa shape index (κ2) is 12.6. The summed E-state index contributed by atoms with van der Waals surface area (Å²) in [5.74, 6) is 0.